The van der Waals surface area contributed by atoms with Crippen molar-refractivity contribution < 1.29 is 42.1 Å². The van der Waals surface area contributed by atoms with Gasteiger partial charge in [-0.15, -0.1) is 0 Å². The van der Waals surface area contributed by atoms with E-state index in [1.165, 1.54) is 154 Å². The number of hydrogen-bond acceptors (Lipinski definition) is 3. The van der Waals surface area contributed by atoms with Crippen molar-refractivity contribution in [3.63, 3.8) is 0 Å². The Morgan fingerprint density at radius 2 is 0.723 bits per heavy atom. The number of halogens is 1. The van der Waals surface area contributed by atoms with Gasteiger partial charge in [-0.3, -0.25) is 4.57 Å². The lowest BCUT2D eigenvalue weighted by Crippen LogP contribution is -3.00. The summed E-state index contributed by atoms with van der Waals surface area (Å²) in [5.41, 5.74) is 0. The second-order valence-corrected chi connectivity index (χ2v) is 17.1. The predicted octanol–water partition coefficient (Wildman–Crippen LogP) is 11.0. The fourth-order valence-electron chi connectivity index (χ4n) is 5.70. The highest BCUT2D eigenvalue weighted by molar-refractivity contribution is 7.53. The van der Waals surface area contributed by atoms with Crippen LogP contribution in [0.25, 0.3) is 0 Å². The molecule has 0 saturated carbocycles. The van der Waals surface area contributed by atoms with Gasteiger partial charge >= 0.3 is 7.60 Å². The molecule has 0 amide bonds. The maximum Gasteiger partial charge on any atom is 0.336 e. The Kier molecular flexibility index (Phi) is 39.5. The maximum atomic E-state index is 13.5. The molecule has 0 unspecified atom stereocenters. The van der Waals surface area contributed by atoms with E-state index in [-0.39, 0.29) is 24.0 Å². The molecule has 0 heterocycles. The van der Waals surface area contributed by atoms with E-state index in [0.29, 0.717) is 19.4 Å². The van der Waals surface area contributed by atoms with Crippen LogP contribution < -0.4 is 24.0 Å². The van der Waals surface area contributed by atoms with E-state index >= 15 is 0 Å². The van der Waals surface area contributed by atoms with E-state index in [1.54, 1.807) is 0 Å². The quantitative estimate of drug-likeness (QED) is 0.0207. The molecule has 0 saturated heterocycles. The Morgan fingerprint density at radius 3 is 1.02 bits per heavy atom. The molecule has 47 heavy (non-hydrogen) atoms. The Labute approximate surface area is 313 Å². The van der Waals surface area contributed by atoms with E-state index in [2.05, 4.69) is 59.3 Å². The molecule has 6 heteroatoms. The monoisotopic (exact) mass is 796 g/mol. The molecule has 0 aliphatic rings. The lowest BCUT2D eigenvalue weighted by atomic mass is 10.1. The van der Waals surface area contributed by atoms with Crippen molar-refractivity contribution in [2.75, 3.05) is 47.1 Å². The van der Waals surface area contributed by atoms with Crippen LogP contribution in [0.2, 0.25) is 0 Å². The third kappa shape index (κ3) is 40.6. The van der Waals surface area contributed by atoms with Crippen LogP contribution in [0.5, 0.6) is 0 Å². The van der Waals surface area contributed by atoms with Crippen molar-refractivity contribution in [1.82, 2.24) is 0 Å². The van der Waals surface area contributed by atoms with Gasteiger partial charge in [0.1, 0.15) is 0 Å². The van der Waals surface area contributed by atoms with Crippen LogP contribution in [0.3, 0.4) is 0 Å². The molecule has 4 nitrogen and oxygen atoms in total. The maximum absolute atomic E-state index is 13.5. The summed E-state index contributed by atoms with van der Waals surface area (Å²) < 4.78 is 26.3. The second kappa shape index (κ2) is 37.6. The number of unbranched alkanes of at least 4 members (excludes halogenated alkanes) is 24. The zero-order valence-corrected chi connectivity index (χ0v) is 35.5. The third-order valence-electron chi connectivity index (χ3n) is 8.93. The van der Waals surface area contributed by atoms with Crippen molar-refractivity contribution in [3.05, 3.63) is 24.3 Å². The second-order valence-electron chi connectivity index (χ2n) is 14.9. The predicted molar refractivity (Wildman–Crippen MR) is 206 cm³/mol. The SMILES string of the molecule is CCCCCCCC/C=C\CCCCCCCCOP(=O)(CC[N+](C)(C)C)OCCCCCCCC/C=C\CCCCCCCC.[I-]. The molecule has 0 aliphatic heterocycles. The highest BCUT2D eigenvalue weighted by Crippen LogP contribution is 2.48. The van der Waals surface area contributed by atoms with Gasteiger partial charge in [-0.1, -0.05) is 154 Å². The highest BCUT2D eigenvalue weighted by Gasteiger charge is 2.27. The first-order valence-corrected chi connectivity index (χ1v) is 22.0. The Bertz CT molecular complexity index is 674. The number of rotatable bonds is 37. The molecule has 282 valence electrons. The summed E-state index contributed by atoms with van der Waals surface area (Å²) in [5.74, 6) is 0. The van der Waals surface area contributed by atoms with Gasteiger partial charge in [0.05, 0.1) is 47.1 Å². The standard InChI is InChI=1S/C41H83NO3P.HI/c1-6-8-10-12-14-16-18-20-22-24-26-28-30-32-34-36-39-44-46(43,41-38-42(3,4)5)45-40-37-35-33-31-29-27-25-23-21-19-17-15-13-11-9-7-2;/h20-23H,6-19,24-41H2,1-5H3;1H/q+1;/p-1/b22-20-,23-21-;. The van der Waals surface area contributed by atoms with Crippen molar-refractivity contribution in [1.29, 1.82) is 0 Å². The summed E-state index contributed by atoms with van der Waals surface area (Å²) in [6.45, 7) is 6.48. The summed E-state index contributed by atoms with van der Waals surface area (Å²) >= 11 is 0. The molecule has 0 aliphatic carbocycles. The summed E-state index contributed by atoms with van der Waals surface area (Å²) in [6, 6.07) is 0. The minimum Gasteiger partial charge on any atom is -1.00 e. The first-order chi connectivity index (χ1) is 22.3. The van der Waals surface area contributed by atoms with E-state index in [9.17, 15) is 4.57 Å². The lowest BCUT2D eigenvalue weighted by Gasteiger charge is -2.26. The number of allylic oxidation sites excluding steroid dienone is 4. The lowest BCUT2D eigenvalue weighted by molar-refractivity contribution is -0.867. The number of nitrogens with zero attached hydrogens (tertiary/aromatic N) is 1. The fraction of sp³-hybridized carbons (Fsp3) is 0.902. The largest absolute Gasteiger partial charge is 1.00 e. The van der Waals surface area contributed by atoms with Crippen LogP contribution in [0.4, 0.5) is 0 Å². The van der Waals surface area contributed by atoms with Gasteiger partial charge in [0, 0.05) is 0 Å². The van der Waals surface area contributed by atoms with Crippen LogP contribution in [0.1, 0.15) is 194 Å². The molecule has 0 rings (SSSR count). The molecule has 0 atom stereocenters. The van der Waals surface area contributed by atoms with Crippen molar-refractivity contribution in [3.8, 4) is 0 Å². The topological polar surface area (TPSA) is 35.5 Å². The fourth-order valence-corrected chi connectivity index (χ4v) is 7.69. The first kappa shape index (κ1) is 49.4. The van der Waals surface area contributed by atoms with E-state index in [4.69, 9.17) is 9.05 Å². The van der Waals surface area contributed by atoms with Crippen molar-refractivity contribution in [2.45, 2.75) is 194 Å². The van der Waals surface area contributed by atoms with Gasteiger partial charge in [0.15, 0.2) is 0 Å². The zero-order chi connectivity index (χ0) is 33.9. The smallest absolute Gasteiger partial charge is 0.336 e. The molecule has 0 fully saturated rings. The molecule has 0 bridgehead atoms. The van der Waals surface area contributed by atoms with Gasteiger partial charge in [0.25, 0.3) is 0 Å². The average molecular weight is 796 g/mol. The van der Waals surface area contributed by atoms with Crippen molar-refractivity contribution in [2.24, 2.45) is 0 Å². The normalized spacial score (nSPS) is 12.4. The highest BCUT2D eigenvalue weighted by atomic mass is 127. The van der Waals surface area contributed by atoms with E-state index < -0.39 is 7.60 Å². The summed E-state index contributed by atoms with van der Waals surface area (Å²) in [5, 5.41) is 0. The summed E-state index contributed by atoms with van der Waals surface area (Å²) in [4.78, 5) is 0. The van der Waals surface area contributed by atoms with E-state index in [0.717, 1.165) is 36.7 Å². The van der Waals surface area contributed by atoms with Crippen LogP contribution in [-0.2, 0) is 13.6 Å². The molecule has 0 aromatic carbocycles. The molecule has 0 N–H and O–H groups in total. The number of quaternary nitrogens is 1. The van der Waals surface area contributed by atoms with Crippen LogP contribution in [0, 0.1) is 0 Å². The third-order valence-corrected chi connectivity index (χ3v) is 10.8. The molecule has 0 aromatic rings. The molecule has 0 spiro atoms. The molecular formula is C41H83INO3P. The van der Waals surface area contributed by atoms with Crippen LogP contribution in [-0.4, -0.2) is 51.5 Å². The van der Waals surface area contributed by atoms with E-state index in [1.807, 2.05) is 0 Å². The minimum atomic E-state index is -3.03. The Hall–Kier alpha value is 0.320. The van der Waals surface area contributed by atoms with Crippen LogP contribution in [0.15, 0.2) is 24.3 Å². The summed E-state index contributed by atoms with van der Waals surface area (Å²) in [6.07, 6.45) is 46.2. The first-order valence-electron chi connectivity index (χ1n) is 20.3. The molecule has 0 radical (unpaired) electrons. The van der Waals surface area contributed by atoms with Gasteiger partial charge in [-0.05, 0) is 64.2 Å². The summed E-state index contributed by atoms with van der Waals surface area (Å²) in [7, 11) is 3.39. The number of hydrogen-bond donors (Lipinski definition) is 0. The van der Waals surface area contributed by atoms with Crippen molar-refractivity contribution >= 4 is 7.60 Å². The van der Waals surface area contributed by atoms with Crippen LogP contribution >= 0.6 is 7.60 Å². The molecule has 0 aromatic heterocycles. The average Bonchev–Trinajstić information content (AvgIpc) is 3.03. The van der Waals surface area contributed by atoms with Gasteiger partial charge < -0.3 is 37.5 Å². The molecular weight excluding hydrogens is 712 g/mol. The zero-order valence-electron chi connectivity index (χ0n) is 32.4. The van der Waals surface area contributed by atoms with Gasteiger partial charge in [-0.2, -0.15) is 0 Å². The Morgan fingerprint density at radius 1 is 0.447 bits per heavy atom. The Balaban J connectivity index is 0. The van der Waals surface area contributed by atoms with Gasteiger partial charge in [0.2, 0.25) is 0 Å². The minimum absolute atomic E-state index is 0. The van der Waals surface area contributed by atoms with Gasteiger partial charge in [-0.25, -0.2) is 0 Å².